The predicted molar refractivity (Wildman–Crippen MR) is 106 cm³/mol. The molecule has 152 valence electrons. The second-order valence-corrected chi connectivity index (χ2v) is 7.18. The number of alkyl halides is 2. The van der Waals surface area contributed by atoms with Gasteiger partial charge in [0, 0.05) is 29.5 Å². The van der Waals surface area contributed by atoms with Gasteiger partial charge in [-0.05, 0) is 25.0 Å². The van der Waals surface area contributed by atoms with E-state index in [1.54, 1.807) is 18.3 Å². The van der Waals surface area contributed by atoms with Gasteiger partial charge in [-0.3, -0.25) is 4.79 Å². The van der Waals surface area contributed by atoms with Gasteiger partial charge in [-0.15, -0.1) is 0 Å². The predicted octanol–water partition coefficient (Wildman–Crippen LogP) is 3.60. The van der Waals surface area contributed by atoms with Crippen molar-refractivity contribution >= 4 is 23.1 Å². The highest BCUT2D eigenvalue weighted by Crippen LogP contribution is 2.27. The van der Waals surface area contributed by atoms with E-state index in [4.69, 9.17) is 5.73 Å². The number of aromatic nitrogens is 3. The SMILES string of the molecule is N[C@H]1CCCC[C@H]1Nc1ccn2ncc(C(=O)Nc3ccccc3C(F)F)c2n1. The lowest BCUT2D eigenvalue weighted by Crippen LogP contribution is -2.42. The van der Waals surface area contributed by atoms with Crippen LogP contribution in [-0.4, -0.2) is 32.6 Å². The maximum absolute atomic E-state index is 13.2. The fraction of sp³-hybridized carbons (Fsp3) is 0.350. The number of hydrogen-bond donors (Lipinski definition) is 3. The molecule has 1 aromatic carbocycles. The third kappa shape index (κ3) is 4.04. The summed E-state index contributed by atoms with van der Waals surface area (Å²) in [6.07, 6.45) is 4.54. The van der Waals surface area contributed by atoms with Gasteiger partial charge in [0.1, 0.15) is 11.4 Å². The van der Waals surface area contributed by atoms with E-state index in [0.717, 1.165) is 25.7 Å². The second-order valence-electron chi connectivity index (χ2n) is 7.18. The standard InChI is InChI=1S/C20H22F2N6O/c21-18(22)12-5-1-3-7-15(12)26-20(29)13-11-24-28-10-9-17(27-19(13)28)25-16-8-4-2-6-14(16)23/h1,3,5,7,9-11,14,16,18H,2,4,6,8,23H2,(H,25,27)(H,26,29)/t14-,16+/m0/s1. The molecule has 4 rings (SSSR count). The quantitative estimate of drug-likeness (QED) is 0.608. The van der Waals surface area contributed by atoms with Gasteiger partial charge in [0.15, 0.2) is 5.65 Å². The number of rotatable bonds is 5. The Morgan fingerprint density at radius 3 is 2.79 bits per heavy atom. The highest BCUT2D eigenvalue weighted by Gasteiger charge is 2.23. The minimum absolute atomic E-state index is 0.0558. The Balaban J connectivity index is 1.58. The summed E-state index contributed by atoms with van der Waals surface area (Å²) in [5.41, 5.74) is 6.55. The van der Waals surface area contributed by atoms with Crippen molar-refractivity contribution in [1.82, 2.24) is 14.6 Å². The lowest BCUT2D eigenvalue weighted by Gasteiger charge is -2.29. The highest BCUT2D eigenvalue weighted by atomic mass is 19.3. The Morgan fingerprint density at radius 1 is 1.21 bits per heavy atom. The van der Waals surface area contributed by atoms with Gasteiger partial charge < -0.3 is 16.4 Å². The average molecular weight is 400 g/mol. The molecule has 2 atom stereocenters. The molecule has 2 heterocycles. The van der Waals surface area contributed by atoms with Gasteiger partial charge in [-0.1, -0.05) is 31.0 Å². The first-order chi connectivity index (χ1) is 14.0. The molecule has 4 N–H and O–H groups in total. The van der Waals surface area contributed by atoms with Crippen molar-refractivity contribution < 1.29 is 13.6 Å². The van der Waals surface area contributed by atoms with E-state index in [1.165, 1.54) is 28.9 Å². The molecule has 1 saturated carbocycles. The van der Waals surface area contributed by atoms with Crippen LogP contribution in [0.25, 0.3) is 5.65 Å². The summed E-state index contributed by atoms with van der Waals surface area (Å²) in [6, 6.07) is 7.76. The Hall–Kier alpha value is -3.07. The van der Waals surface area contributed by atoms with Crippen molar-refractivity contribution in [2.45, 2.75) is 44.2 Å². The molecule has 0 saturated heterocycles. The Bertz CT molecular complexity index is 1020. The third-order valence-electron chi connectivity index (χ3n) is 5.21. The summed E-state index contributed by atoms with van der Waals surface area (Å²) < 4.78 is 27.8. The molecule has 2 aromatic heterocycles. The number of anilines is 2. The van der Waals surface area contributed by atoms with Crippen LogP contribution in [0, 0.1) is 0 Å². The summed E-state index contributed by atoms with van der Waals surface area (Å²) in [7, 11) is 0. The minimum Gasteiger partial charge on any atom is -0.366 e. The zero-order chi connectivity index (χ0) is 20.4. The molecule has 0 aliphatic heterocycles. The maximum Gasteiger partial charge on any atom is 0.265 e. The van der Waals surface area contributed by atoms with Crippen LogP contribution in [-0.2, 0) is 0 Å². The number of hydrogen-bond acceptors (Lipinski definition) is 5. The lowest BCUT2D eigenvalue weighted by atomic mass is 9.91. The molecule has 0 radical (unpaired) electrons. The van der Waals surface area contributed by atoms with Gasteiger partial charge in [0.05, 0.1) is 6.20 Å². The molecule has 1 fully saturated rings. The number of nitrogens with zero attached hydrogens (tertiary/aromatic N) is 3. The van der Waals surface area contributed by atoms with Crippen LogP contribution in [0.1, 0.15) is 48.0 Å². The molecule has 1 aliphatic rings. The highest BCUT2D eigenvalue weighted by molar-refractivity contribution is 6.08. The van der Waals surface area contributed by atoms with Crippen molar-refractivity contribution in [2.24, 2.45) is 5.73 Å². The summed E-state index contributed by atoms with van der Waals surface area (Å²) in [6.45, 7) is 0. The number of carbonyl (C=O) groups is 1. The smallest absolute Gasteiger partial charge is 0.265 e. The number of benzene rings is 1. The third-order valence-corrected chi connectivity index (χ3v) is 5.21. The van der Waals surface area contributed by atoms with E-state index in [-0.39, 0.29) is 28.9 Å². The van der Waals surface area contributed by atoms with Crippen molar-refractivity contribution in [3.8, 4) is 0 Å². The molecule has 3 aromatic rings. The van der Waals surface area contributed by atoms with Crippen molar-refractivity contribution in [1.29, 1.82) is 0 Å². The average Bonchev–Trinajstić information content (AvgIpc) is 3.13. The van der Waals surface area contributed by atoms with Gasteiger partial charge in [0.25, 0.3) is 12.3 Å². The summed E-state index contributed by atoms with van der Waals surface area (Å²) >= 11 is 0. The van der Waals surface area contributed by atoms with E-state index >= 15 is 0 Å². The number of carbonyl (C=O) groups excluding carboxylic acids is 1. The van der Waals surface area contributed by atoms with Gasteiger partial charge in [-0.2, -0.15) is 5.10 Å². The van der Waals surface area contributed by atoms with Crippen molar-refractivity contribution in [3.63, 3.8) is 0 Å². The summed E-state index contributed by atoms with van der Waals surface area (Å²) in [5.74, 6) is 0.0505. The monoisotopic (exact) mass is 400 g/mol. The lowest BCUT2D eigenvalue weighted by molar-refractivity contribution is 0.102. The topological polar surface area (TPSA) is 97.3 Å². The Kier molecular flexibility index (Phi) is 5.39. The normalized spacial score (nSPS) is 19.4. The van der Waals surface area contributed by atoms with Gasteiger partial charge in [0.2, 0.25) is 0 Å². The molecule has 7 nitrogen and oxygen atoms in total. The van der Waals surface area contributed by atoms with E-state index in [9.17, 15) is 13.6 Å². The van der Waals surface area contributed by atoms with E-state index in [1.807, 2.05) is 0 Å². The molecular weight excluding hydrogens is 378 g/mol. The van der Waals surface area contributed by atoms with Crippen LogP contribution < -0.4 is 16.4 Å². The second kappa shape index (κ2) is 8.12. The Labute approximate surface area is 166 Å². The largest absolute Gasteiger partial charge is 0.366 e. The van der Waals surface area contributed by atoms with Gasteiger partial charge >= 0.3 is 0 Å². The molecule has 0 bridgehead atoms. The number of nitrogens with one attached hydrogen (secondary N) is 2. The van der Waals surface area contributed by atoms with Gasteiger partial charge in [-0.25, -0.2) is 18.3 Å². The van der Waals surface area contributed by atoms with Crippen LogP contribution in [0.15, 0.2) is 42.7 Å². The number of halogens is 2. The number of para-hydroxylation sites is 1. The molecule has 29 heavy (non-hydrogen) atoms. The fourth-order valence-electron chi connectivity index (χ4n) is 3.63. The van der Waals surface area contributed by atoms with Crippen molar-refractivity contribution in [3.05, 3.63) is 53.9 Å². The van der Waals surface area contributed by atoms with E-state index < -0.39 is 12.3 Å². The minimum atomic E-state index is -2.69. The first kappa shape index (κ1) is 19.3. The van der Waals surface area contributed by atoms with Crippen LogP contribution in [0.2, 0.25) is 0 Å². The van der Waals surface area contributed by atoms with E-state index in [2.05, 4.69) is 20.7 Å². The molecule has 1 amide bonds. The molecule has 0 spiro atoms. The van der Waals surface area contributed by atoms with Crippen LogP contribution in [0.5, 0.6) is 0 Å². The Morgan fingerprint density at radius 2 is 2.00 bits per heavy atom. The molecule has 0 unspecified atom stereocenters. The molecule has 1 aliphatic carbocycles. The van der Waals surface area contributed by atoms with Crippen LogP contribution in [0.4, 0.5) is 20.3 Å². The molecular formula is C20H22F2N6O. The number of nitrogens with two attached hydrogens (primary N) is 1. The summed E-state index contributed by atoms with van der Waals surface area (Å²) in [4.78, 5) is 17.2. The molecule has 9 heteroatoms. The zero-order valence-electron chi connectivity index (χ0n) is 15.7. The van der Waals surface area contributed by atoms with E-state index in [0.29, 0.717) is 11.5 Å². The zero-order valence-corrected chi connectivity index (χ0v) is 15.7. The van der Waals surface area contributed by atoms with Crippen LogP contribution in [0.3, 0.4) is 0 Å². The number of fused-ring (bicyclic) bond motifs is 1. The number of amides is 1. The van der Waals surface area contributed by atoms with Crippen molar-refractivity contribution in [2.75, 3.05) is 10.6 Å². The van der Waals surface area contributed by atoms with Crippen LogP contribution >= 0.6 is 0 Å². The first-order valence-corrected chi connectivity index (χ1v) is 9.58. The first-order valence-electron chi connectivity index (χ1n) is 9.58. The summed E-state index contributed by atoms with van der Waals surface area (Å²) in [5, 5.41) is 10.0. The fourth-order valence-corrected chi connectivity index (χ4v) is 3.63. The maximum atomic E-state index is 13.2.